The average Bonchev–Trinajstić information content (AvgIpc) is 2.95. The molecule has 0 radical (unpaired) electrons. The van der Waals surface area contributed by atoms with Crippen molar-refractivity contribution in [2.45, 2.75) is 29.7 Å². The molecule has 32 heavy (non-hydrogen) atoms. The van der Waals surface area contributed by atoms with Crippen LogP contribution >= 0.6 is 35.2 Å². The van der Waals surface area contributed by atoms with Crippen molar-refractivity contribution in [1.29, 1.82) is 0 Å². The summed E-state index contributed by atoms with van der Waals surface area (Å²) in [6, 6.07) is 1.16. The number of nitrogen functional groups attached to an aromatic ring is 1. The molecule has 0 bridgehead atoms. The maximum absolute atomic E-state index is 15.2. The Morgan fingerprint density at radius 1 is 1.28 bits per heavy atom. The van der Waals surface area contributed by atoms with Gasteiger partial charge in [0.05, 0.1) is 0 Å². The number of phosphoric acid groups is 3. The van der Waals surface area contributed by atoms with Crippen molar-refractivity contribution in [1.82, 2.24) is 9.55 Å². The van der Waals surface area contributed by atoms with Gasteiger partial charge in [-0.15, -0.1) is 0 Å². The molecule has 1 aliphatic carbocycles. The van der Waals surface area contributed by atoms with Crippen molar-refractivity contribution in [2.24, 2.45) is 0 Å². The van der Waals surface area contributed by atoms with Crippen molar-refractivity contribution in [2.75, 3.05) is 17.7 Å². The quantitative estimate of drug-likeness (QED) is 0.210. The maximum Gasteiger partial charge on any atom is 0.490 e. The highest BCUT2D eigenvalue weighted by atomic mass is 32.2. The number of hydrogen-bond acceptors (Lipinski definition) is 12. The van der Waals surface area contributed by atoms with Gasteiger partial charge in [0.25, 0.3) is 0 Å². The highest BCUT2D eigenvalue weighted by Gasteiger charge is 2.90. The van der Waals surface area contributed by atoms with Gasteiger partial charge < -0.3 is 35.2 Å². The monoisotopic (exact) mass is 543 g/mol. The van der Waals surface area contributed by atoms with Crippen LogP contribution in [0.3, 0.4) is 0 Å². The third kappa shape index (κ3) is 4.61. The predicted molar refractivity (Wildman–Crippen MR) is 103 cm³/mol. The zero-order valence-electron chi connectivity index (χ0n) is 15.7. The van der Waals surface area contributed by atoms with Crippen LogP contribution in [0.15, 0.2) is 17.1 Å². The highest BCUT2D eigenvalue weighted by Crippen LogP contribution is 2.72. The van der Waals surface area contributed by atoms with Crippen LogP contribution in [-0.4, -0.2) is 69.7 Å². The number of aromatic nitrogens is 2. The van der Waals surface area contributed by atoms with E-state index in [1.165, 1.54) is 6.26 Å². The molecule has 16 nitrogen and oxygen atoms in total. The van der Waals surface area contributed by atoms with Gasteiger partial charge in [-0.3, -0.25) is 9.09 Å². The summed E-state index contributed by atoms with van der Waals surface area (Å²) in [7, 11) is -17.1. The van der Waals surface area contributed by atoms with E-state index in [1.54, 1.807) is 0 Å². The molecule has 7 N–H and O–H groups in total. The number of thioether (sulfide) groups is 1. The number of alkyl halides is 1. The smallest absolute Gasteiger partial charge is 0.383 e. The van der Waals surface area contributed by atoms with Crippen LogP contribution in [0.2, 0.25) is 0 Å². The minimum absolute atomic E-state index is 0.159. The molecular weight excluding hydrogens is 526 g/mol. The predicted octanol–water partition coefficient (Wildman–Crippen LogP) is -0.749. The lowest BCUT2D eigenvalue weighted by molar-refractivity contribution is -0.0848. The van der Waals surface area contributed by atoms with Crippen molar-refractivity contribution in [3.63, 3.8) is 0 Å². The lowest BCUT2D eigenvalue weighted by atomic mass is 10.1. The zero-order chi connectivity index (χ0) is 24.3. The Morgan fingerprint density at radius 2 is 1.91 bits per heavy atom. The summed E-state index contributed by atoms with van der Waals surface area (Å²) in [5, 5.41) is 10.8. The van der Waals surface area contributed by atoms with Gasteiger partial charge in [-0.1, -0.05) is 0 Å². The average molecular weight is 543 g/mol. The van der Waals surface area contributed by atoms with E-state index in [4.69, 9.17) is 20.3 Å². The lowest BCUT2D eigenvalue weighted by Crippen LogP contribution is -2.38. The molecule has 1 aromatic rings. The van der Waals surface area contributed by atoms with E-state index in [1.807, 2.05) is 0 Å². The Hall–Kier alpha value is -0.710. The Morgan fingerprint density at radius 3 is 2.44 bits per heavy atom. The Balaban J connectivity index is 1.84. The van der Waals surface area contributed by atoms with Gasteiger partial charge in [-0.2, -0.15) is 25.4 Å². The second-order valence-corrected chi connectivity index (χ2v) is 11.9. The number of anilines is 1. The van der Waals surface area contributed by atoms with Crippen LogP contribution in [-0.2, 0) is 31.6 Å². The molecular formula is C11H17FN3O13P3S. The van der Waals surface area contributed by atoms with Crippen LogP contribution in [0.5, 0.6) is 0 Å². The molecule has 0 aromatic carbocycles. The molecule has 182 valence electrons. The molecule has 3 rings (SSSR count). The van der Waals surface area contributed by atoms with Crippen molar-refractivity contribution < 1.29 is 60.6 Å². The molecule has 2 aliphatic rings. The first-order valence-corrected chi connectivity index (χ1v) is 14.1. The normalized spacial score (nSPS) is 35.7. The molecule has 1 saturated heterocycles. The third-order valence-electron chi connectivity index (χ3n) is 4.56. The van der Waals surface area contributed by atoms with E-state index in [0.29, 0.717) is 4.57 Å². The first-order valence-electron chi connectivity index (χ1n) is 8.18. The van der Waals surface area contributed by atoms with E-state index >= 15 is 4.39 Å². The lowest BCUT2D eigenvalue weighted by Gasteiger charge is -2.24. The summed E-state index contributed by atoms with van der Waals surface area (Å²) in [4.78, 5) is 51.5. The molecule has 2 fully saturated rings. The van der Waals surface area contributed by atoms with E-state index in [-0.39, 0.29) is 11.6 Å². The van der Waals surface area contributed by atoms with Gasteiger partial charge in [0.15, 0.2) is 18.0 Å². The molecule has 1 aliphatic heterocycles. The molecule has 1 saturated carbocycles. The number of halogens is 1. The fraction of sp³-hybridized carbons (Fsp3) is 0.636. The second-order valence-electron chi connectivity index (χ2n) is 6.68. The molecule has 3 unspecified atom stereocenters. The standard InChI is InChI=1S/C11H17FN3O13P3S/c1-32-4-10-8(26-30(21,22)28-31(23,24)27-29(18,19)20)11(10,17)6(12)7(25-10)15-3-2-5(13)14-9(15)16/h2-3,6-8,17H,4H2,1H3,(H,21,22)(H,23,24)(H2,13,14,16)(H2,18,19,20)/t6-,7-,8?,10-,11+/m1/s1. The van der Waals surface area contributed by atoms with E-state index in [0.717, 1.165) is 24.0 Å². The van der Waals surface area contributed by atoms with Crippen LogP contribution in [0.1, 0.15) is 6.23 Å². The molecule has 0 spiro atoms. The maximum atomic E-state index is 15.2. The number of nitrogens with zero attached hydrogens (tertiary/aromatic N) is 2. The van der Waals surface area contributed by atoms with Crippen molar-refractivity contribution in [3.05, 3.63) is 22.7 Å². The van der Waals surface area contributed by atoms with E-state index in [2.05, 4.69) is 18.1 Å². The van der Waals surface area contributed by atoms with Gasteiger partial charge >= 0.3 is 29.2 Å². The number of ether oxygens (including phenoxy) is 1. The number of hydrogen-bond donors (Lipinski definition) is 6. The first kappa shape index (κ1) is 25.9. The van der Waals surface area contributed by atoms with Gasteiger partial charge in [0.1, 0.15) is 17.5 Å². The summed E-state index contributed by atoms with van der Waals surface area (Å²) < 4.78 is 67.4. The van der Waals surface area contributed by atoms with Crippen molar-refractivity contribution in [3.8, 4) is 0 Å². The molecule has 21 heteroatoms. The summed E-state index contributed by atoms with van der Waals surface area (Å²) in [6.45, 7) is 0. The summed E-state index contributed by atoms with van der Waals surface area (Å²) in [5.41, 5.74) is -0.268. The molecule has 7 atom stereocenters. The van der Waals surface area contributed by atoms with Crippen LogP contribution in [0, 0.1) is 0 Å². The van der Waals surface area contributed by atoms with Crippen LogP contribution in [0.25, 0.3) is 0 Å². The molecule has 1 aromatic heterocycles. The number of rotatable bonds is 9. The third-order valence-corrected chi connectivity index (χ3v) is 9.08. The molecule has 0 amide bonds. The topological polar surface area (TPSA) is 250 Å². The van der Waals surface area contributed by atoms with Gasteiger partial charge in [-0.25, -0.2) is 22.9 Å². The van der Waals surface area contributed by atoms with Gasteiger partial charge in [0, 0.05) is 11.9 Å². The fourth-order valence-corrected chi connectivity index (χ4v) is 7.50. The van der Waals surface area contributed by atoms with Crippen molar-refractivity contribution >= 4 is 41.0 Å². The number of fused-ring (bicyclic) bond motifs is 1. The largest absolute Gasteiger partial charge is 0.490 e. The SMILES string of the molecule is CSC[C@]12O[C@@H](n3ccc(N)nc3=O)[C@@H](F)[C@]1(O)C2OP(=O)(O)OP(=O)(O)OP(=O)(O)O. The molecule has 2 heterocycles. The summed E-state index contributed by atoms with van der Waals surface area (Å²) in [5.74, 6) is -0.397. The Bertz CT molecular complexity index is 1120. The van der Waals surface area contributed by atoms with E-state index in [9.17, 15) is 33.4 Å². The second kappa shape index (κ2) is 8.20. The van der Waals surface area contributed by atoms with Gasteiger partial charge in [-0.05, 0) is 12.3 Å². The number of nitrogens with two attached hydrogens (primary N) is 1. The zero-order valence-corrected chi connectivity index (χ0v) is 19.2. The number of aliphatic hydroxyl groups is 1. The van der Waals surface area contributed by atoms with E-state index < -0.39 is 58.9 Å². The minimum atomic E-state index is -5.83. The summed E-state index contributed by atoms with van der Waals surface area (Å²) >= 11 is 0.996. The Labute approximate surface area is 181 Å². The number of phosphoric ester groups is 1. The van der Waals surface area contributed by atoms with Crippen LogP contribution < -0.4 is 11.4 Å². The first-order chi connectivity index (χ1) is 14.5. The van der Waals surface area contributed by atoms with Crippen LogP contribution in [0.4, 0.5) is 10.2 Å². The fourth-order valence-electron chi connectivity index (χ4n) is 3.36. The highest BCUT2D eigenvalue weighted by molar-refractivity contribution is 7.98. The summed E-state index contributed by atoms with van der Waals surface area (Å²) in [6.07, 6.45) is -3.53. The minimum Gasteiger partial charge on any atom is -0.383 e. The Kier molecular flexibility index (Phi) is 6.64. The van der Waals surface area contributed by atoms with Gasteiger partial charge in [0.2, 0.25) is 0 Å².